The number of benzene rings is 3. The number of unbranched alkanes of at least 4 members (excludes halogenated alkanes) is 1. The summed E-state index contributed by atoms with van der Waals surface area (Å²) in [6.45, 7) is 2.79. The van der Waals surface area contributed by atoms with Gasteiger partial charge >= 0.3 is 0 Å². The number of sulfonamides is 1. The van der Waals surface area contributed by atoms with Gasteiger partial charge in [0.15, 0.2) is 0 Å². The van der Waals surface area contributed by atoms with Crippen LogP contribution in [0.15, 0.2) is 82.8 Å². The van der Waals surface area contributed by atoms with E-state index >= 15 is 0 Å². The Morgan fingerprint density at radius 3 is 2.30 bits per heavy atom. The summed E-state index contributed by atoms with van der Waals surface area (Å²) >= 11 is 5.80. The molecule has 33 heavy (non-hydrogen) atoms. The molecule has 3 rings (SSSR count). The zero-order valence-corrected chi connectivity index (χ0v) is 19.6. The molecule has 0 saturated heterocycles. The van der Waals surface area contributed by atoms with Gasteiger partial charge in [0.05, 0.1) is 17.7 Å². The number of nitrogens with zero attached hydrogens (tertiary/aromatic N) is 1. The minimum atomic E-state index is -3.76. The maximum Gasteiger partial charge on any atom is 0.271 e. The Balaban J connectivity index is 1.54. The minimum absolute atomic E-state index is 0.0867. The molecular weight excluding hydrogens is 462 g/mol. The average Bonchev–Trinajstić information content (AvgIpc) is 2.81. The van der Waals surface area contributed by atoms with Gasteiger partial charge in [-0.05, 0) is 84.8 Å². The zero-order chi connectivity index (χ0) is 23.7. The molecule has 0 aromatic heterocycles. The molecule has 3 aromatic carbocycles. The second-order valence-corrected chi connectivity index (χ2v) is 9.23. The third kappa shape index (κ3) is 7.34. The number of hydrazone groups is 1. The van der Waals surface area contributed by atoms with Crippen molar-refractivity contribution >= 4 is 39.4 Å². The molecule has 0 saturated carbocycles. The van der Waals surface area contributed by atoms with Crippen molar-refractivity contribution in [3.8, 4) is 5.75 Å². The standard InChI is InChI=1S/C24H24ClN3O4S/c1-2-3-16-32-22-12-4-18(5-13-22)17-26-27-24(29)19-6-10-21(11-7-19)28-33(30,31)23-14-8-20(25)9-15-23/h4-15,17,28H,2-3,16H2,1H3,(H,27,29)/b26-17+. The molecule has 0 unspecified atom stereocenters. The molecule has 172 valence electrons. The van der Waals surface area contributed by atoms with Crippen LogP contribution in [0, 0.1) is 0 Å². The highest BCUT2D eigenvalue weighted by atomic mass is 35.5. The van der Waals surface area contributed by atoms with Gasteiger partial charge in [-0.1, -0.05) is 24.9 Å². The molecule has 0 aliphatic heterocycles. The van der Waals surface area contributed by atoms with Crippen LogP contribution in [0.3, 0.4) is 0 Å². The van der Waals surface area contributed by atoms with Gasteiger partial charge in [-0.15, -0.1) is 0 Å². The molecule has 7 nitrogen and oxygen atoms in total. The highest BCUT2D eigenvalue weighted by Gasteiger charge is 2.14. The lowest BCUT2D eigenvalue weighted by molar-refractivity contribution is 0.0955. The van der Waals surface area contributed by atoms with Crippen molar-refractivity contribution in [2.75, 3.05) is 11.3 Å². The van der Waals surface area contributed by atoms with Crippen LogP contribution >= 0.6 is 11.6 Å². The van der Waals surface area contributed by atoms with Crippen LogP contribution in [-0.4, -0.2) is 27.1 Å². The van der Waals surface area contributed by atoms with Crippen molar-refractivity contribution in [1.29, 1.82) is 0 Å². The number of amides is 1. The Kier molecular flexibility index (Phi) is 8.46. The van der Waals surface area contributed by atoms with E-state index in [1.165, 1.54) is 54.7 Å². The summed E-state index contributed by atoms with van der Waals surface area (Å²) in [5.41, 5.74) is 3.92. The first kappa shape index (κ1) is 24.3. The minimum Gasteiger partial charge on any atom is -0.494 e. The fourth-order valence-electron chi connectivity index (χ4n) is 2.73. The summed E-state index contributed by atoms with van der Waals surface area (Å²) < 4.78 is 32.9. The number of anilines is 1. The van der Waals surface area contributed by atoms with Gasteiger partial charge in [-0.2, -0.15) is 5.10 Å². The van der Waals surface area contributed by atoms with Crippen molar-refractivity contribution < 1.29 is 17.9 Å². The molecule has 0 heterocycles. The van der Waals surface area contributed by atoms with Crippen LogP contribution in [0.2, 0.25) is 5.02 Å². The van der Waals surface area contributed by atoms with E-state index in [2.05, 4.69) is 22.2 Å². The molecule has 9 heteroatoms. The normalized spacial score (nSPS) is 11.3. The van der Waals surface area contributed by atoms with Gasteiger partial charge < -0.3 is 4.74 Å². The lowest BCUT2D eigenvalue weighted by atomic mass is 10.2. The van der Waals surface area contributed by atoms with E-state index in [9.17, 15) is 13.2 Å². The second kappa shape index (κ2) is 11.5. The number of carbonyl (C=O) groups is 1. The molecule has 0 aliphatic carbocycles. The van der Waals surface area contributed by atoms with Crippen molar-refractivity contribution in [1.82, 2.24) is 5.43 Å². The van der Waals surface area contributed by atoms with E-state index in [0.29, 0.717) is 22.9 Å². The molecule has 0 radical (unpaired) electrons. The first-order valence-corrected chi connectivity index (χ1v) is 12.2. The highest BCUT2D eigenvalue weighted by Crippen LogP contribution is 2.19. The average molecular weight is 486 g/mol. The first-order valence-electron chi connectivity index (χ1n) is 10.3. The largest absolute Gasteiger partial charge is 0.494 e. The van der Waals surface area contributed by atoms with E-state index in [0.717, 1.165) is 24.2 Å². The predicted octanol–water partition coefficient (Wildman–Crippen LogP) is 5.08. The van der Waals surface area contributed by atoms with Crippen LogP contribution in [0.25, 0.3) is 0 Å². The summed E-state index contributed by atoms with van der Waals surface area (Å²) in [6, 6.07) is 19.2. The Hall–Kier alpha value is -3.36. The summed E-state index contributed by atoms with van der Waals surface area (Å²) in [7, 11) is -3.76. The predicted molar refractivity (Wildman–Crippen MR) is 131 cm³/mol. The molecule has 0 bridgehead atoms. The second-order valence-electron chi connectivity index (χ2n) is 7.11. The van der Waals surface area contributed by atoms with E-state index in [1.54, 1.807) is 0 Å². The number of halogens is 1. The van der Waals surface area contributed by atoms with Gasteiger partial charge in [0.25, 0.3) is 15.9 Å². The maximum absolute atomic E-state index is 12.4. The zero-order valence-electron chi connectivity index (χ0n) is 18.0. The molecule has 0 spiro atoms. The number of hydrogen-bond acceptors (Lipinski definition) is 5. The van der Waals surface area contributed by atoms with Crippen molar-refractivity contribution in [2.24, 2.45) is 5.10 Å². The van der Waals surface area contributed by atoms with Gasteiger partial charge in [0.2, 0.25) is 0 Å². The van der Waals surface area contributed by atoms with Gasteiger partial charge in [0.1, 0.15) is 5.75 Å². The smallest absolute Gasteiger partial charge is 0.271 e. The lowest BCUT2D eigenvalue weighted by Gasteiger charge is -2.09. The number of hydrogen-bond donors (Lipinski definition) is 2. The van der Waals surface area contributed by atoms with Crippen molar-refractivity contribution in [2.45, 2.75) is 24.7 Å². The number of carbonyl (C=O) groups excluding carboxylic acids is 1. The molecule has 2 N–H and O–H groups in total. The van der Waals surface area contributed by atoms with Gasteiger partial charge in [-0.25, -0.2) is 13.8 Å². The van der Waals surface area contributed by atoms with Gasteiger partial charge in [-0.3, -0.25) is 9.52 Å². The van der Waals surface area contributed by atoms with Gasteiger partial charge in [0, 0.05) is 16.3 Å². The van der Waals surface area contributed by atoms with Crippen LogP contribution in [0.5, 0.6) is 5.75 Å². The Morgan fingerprint density at radius 2 is 1.67 bits per heavy atom. The summed E-state index contributed by atoms with van der Waals surface area (Å²) in [6.07, 6.45) is 3.61. The molecule has 3 aromatic rings. The van der Waals surface area contributed by atoms with E-state index in [4.69, 9.17) is 16.3 Å². The Labute approximate surface area is 198 Å². The van der Waals surface area contributed by atoms with E-state index < -0.39 is 15.9 Å². The molecule has 0 aliphatic rings. The lowest BCUT2D eigenvalue weighted by Crippen LogP contribution is -2.18. The summed E-state index contributed by atoms with van der Waals surface area (Å²) in [4.78, 5) is 12.4. The van der Waals surface area contributed by atoms with Crippen LogP contribution in [-0.2, 0) is 10.0 Å². The summed E-state index contributed by atoms with van der Waals surface area (Å²) in [5, 5.41) is 4.41. The maximum atomic E-state index is 12.4. The van der Waals surface area contributed by atoms with Crippen LogP contribution < -0.4 is 14.9 Å². The van der Waals surface area contributed by atoms with Crippen molar-refractivity contribution in [3.05, 3.63) is 88.9 Å². The molecular formula is C24H24ClN3O4S. The van der Waals surface area contributed by atoms with Crippen LogP contribution in [0.4, 0.5) is 5.69 Å². The third-order valence-corrected chi connectivity index (χ3v) is 6.20. The SMILES string of the molecule is CCCCOc1ccc(/C=N/NC(=O)c2ccc(NS(=O)(=O)c3ccc(Cl)cc3)cc2)cc1. The van der Waals surface area contributed by atoms with Crippen LogP contribution in [0.1, 0.15) is 35.7 Å². The van der Waals surface area contributed by atoms with E-state index in [1.807, 2.05) is 24.3 Å². The fraction of sp³-hybridized carbons (Fsp3) is 0.167. The Morgan fingerprint density at radius 1 is 1.00 bits per heavy atom. The van der Waals surface area contributed by atoms with Crippen molar-refractivity contribution in [3.63, 3.8) is 0 Å². The third-order valence-electron chi connectivity index (χ3n) is 4.55. The first-order chi connectivity index (χ1) is 15.9. The number of ether oxygens (including phenoxy) is 1. The quantitative estimate of drug-likeness (QED) is 0.237. The fourth-order valence-corrected chi connectivity index (χ4v) is 3.92. The van der Waals surface area contributed by atoms with E-state index in [-0.39, 0.29) is 4.90 Å². The molecule has 1 amide bonds. The number of rotatable bonds is 10. The molecule has 0 fully saturated rings. The molecule has 0 atom stereocenters. The highest BCUT2D eigenvalue weighted by molar-refractivity contribution is 7.92. The number of nitrogens with one attached hydrogen (secondary N) is 2. The Bertz CT molecular complexity index is 1190. The topological polar surface area (TPSA) is 96.9 Å². The monoisotopic (exact) mass is 485 g/mol. The summed E-state index contributed by atoms with van der Waals surface area (Å²) in [5.74, 6) is 0.370.